The van der Waals surface area contributed by atoms with Crippen LogP contribution in [0.2, 0.25) is 0 Å². The molecule has 0 aliphatic carbocycles. The molecule has 2 N–H and O–H groups in total. The van der Waals surface area contributed by atoms with Gasteiger partial charge in [-0.1, -0.05) is 36.4 Å². The van der Waals surface area contributed by atoms with Crippen LogP contribution in [0, 0.1) is 11.3 Å². The van der Waals surface area contributed by atoms with Gasteiger partial charge in [-0.25, -0.2) is 0 Å². The summed E-state index contributed by atoms with van der Waals surface area (Å²) in [5, 5.41) is 27.7. The van der Waals surface area contributed by atoms with E-state index in [9.17, 15) is 10.4 Å². The van der Waals surface area contributed by atoms with Crippen molar-refractivity contribution in [2.45, 2.75) is 13.2 Å². The third-order valence-electron chi connectivity index (χ3n) is 3.29. The predicted octanol–water partition coefficient (Wildman–Crippen LogP) is 2.05. The van der Waals surface area contributed by atoms with E-state index >= 15 is 0 Å². The molecule has 2 rings (SSSR count). The topological polar surface area (TPSA) is 67.5 Å². The number of anilines is 1. The van der Waals surface area contributed by atoms with Crippen molar-refractivity contribution in [3.05, 3.63) is 65.2 Å². The van der Waals surface area contributed by atoms with Crippen molar-refractivity contribution in [2.75, 3.05) is 18.1 Å². The Morgan fingerprint density at radius 1 is 1.00 bits per heavy atom. The average Bonchev–Trinajstić information content (AvgIpc) is 2.55. The van der Waals surface area contributed by atoms with Crippen molar-refractivity contribution < 1.29 is 10.2 Å². The zero-order valence-electron chi connectivity index (χ0n) is 11.7. The molecule has 0 unspecified atom stereocenters. The molecule has 0 radical (unpaired) electrons. The summed E-state index contributed by atoms with van der Waals surface area (Å²) >= 11 is 0. The molecule has 4 nitrogen and oxygen atoms in total. The van der Waals surface area contributed by atoms with E-state index in [2.05, 4.69) is 6.07 Å². The maximum absolute atomic E-state index is 9.30. The normalized spacial score (nSPS) is 10.1. The third kappa shape index (κ3) is 3.82. The van der Waals surface area contributed by atoms with Gasteiger partial charge in [0.05, 0.1) is 24.5 Å². The molecule has 2 aromatic carbocycles. The molecule has 0 amide bonds. The molecular weight excluding hydrogens is 264 g/mol. The SMILES string of the molecule is N#Cc1cc(CO)ccc1N(CCO)Cc1ccccc1. The first-order chi connectivity index (χ1) is 10.3. The maximum Gasteiger partial charge on any atom is 0.101 e. The molecule has 0 heterocycles. The molecule has 108 valence electrons. The van der Waals surface area contributed by atoms with E-state index in [4.69, 9.17) is 5.11 Å². The van der Waals surface area contributed by atoms with E-state index in [0.717, 1.165) is 11.3 Å². The lowest BCUT2D eigenvalue weighted by Crippen LogP contribution is -2.26. The smallest absolute Gasteiger partial charge is 0.101 e. The van der Waals surface area contributed by atoms with E-state index < -0.39 is 0 Å². The molecule has 0 aromatic heterocycles. The van der Waals surface area contributed by atoms with Crippen LogP contribution in [0.3, 0.4) is 0 Å². The van der Waals surface area contributed by atoms with Gasteiger partial charge in [-0.2, -0.15) is 5.26 Å². The Bertz CT molecular complexity index is 620. The number of nitriles is 1. The number of benzene rings is 2. The molecule has 0 atom stereocenters. The largest absolute Gasteiger partial charge is 0.395 e. The summed E-state index contributed by atoms with van der Waals surface area (Å²) in [6.45, 7) is 0.990. The second kappa shape index (κ2) is 7.44. The molecule has 21 heavy (non-hydrogen) atoms. The van der Waals surface area contributed by atoms with E-state index in [1.54, 1.807) is 12.1 Å². The number of aliphatic hydroxyl groups excluding tert-OH is 2. The third-order valence-corrected chi connectivity index (χ3v) is 3.29. The summed E-state index contributed by atoms with van der Waals surface area (Å²) in [5.41, 5.74) is 3.10. The van der Waals surface area contributed by atoms with Gasteiger partial charge in [-0.3, -0.25) is 0 Å². The van der Waals surface area contributed by atoms with Crippen molar-refractivity contribution in [2.24, 2.45) is 0 Å². The minimum atomic E-state index is -0.0896. The summed E-state index contributed by atoms with van der Waals surface area (Å²) in [7, 11) is 0. The van der Waals surface area contributed by atoms with Crippen LogP contribution in [-0.2, 0) is 13.2 Å². The molecule has 0 bridgehead atoms. The number of hydrogen-bond acceptors (Lipinski definition) is 4. The zero-order chi connectivity index (χ0) is 15.1. The Morgan fingerprint density at radius 3 is 2.38 bits per heavy atom. The summed E-state index contributed by atoms with van der Waals surface area (Å²) < 4.78 is 0. The lowest BCUT2D eigenvalue weighted by molar-refractivity contribution is 0.282. The number of rotatable bonds is 6. The van der Waals surface area contributed by atoms with Crippen LogP contribution in [-0.4, -0.2) is 23.4 Å². The lowest BCUT2D eigenvalue weighted by Gasteiger charge is -2.25. The molecule has 0 saturated heterocycles. The summed E-state index contributed by atoms with van der Waals surface area (Å²) in [6.07, 6.45) is 0. The second-order valence-corrected chi connectivity index (χ2v) is 4.75. The fourth-order valence-corrected chi connectivity index (χ4v) is 2.26. The van der Waals surface area contributed by atoms with Crippen LogP contribution < -0.4 is 4.90 Å². The first-order valence-corrected chi connectivity index (χ1v) is 6.82. The minimum Gasteiger partial charge on any atom is -0.395 e. The van der Waals surface area contributed by atoms with Gasteiger partial charge in [-0.15, -0.1) is 0 Å². The summed E-state index contributed by atoms with van der Waals surface area (Å²) in [4.78, 5) is 1.97. The van der Waals surface area contributed by atoms with Crippen LogP contribution in [0.25, 0.3) is 0 Å². The molecule has 0 fully saturated rings. The van der Waals surface area contributed by atoms with Crippen molar-refractivity contribution in [1.82, 2.24) is 0 Å². The van der Waals surface area contributed by atoms with Gasteiger partial charge < -0.3 is 15.1 Å². The number of aliphatic hydroxyl groups is 2. The zero-order valence-corrected chi connectivity index (χ0v) is 11.7. The highest BCUT2D eigenvalue weighted by molar-refractivity contribution is 5.60. The van der Waals surface area contributed by atoms with Gasteiger partial charge >= 0.3 is 0 Å². The van der Waals surface area contributed by atoms with Gasteiger partial charge in [0, 0.05) is 13.1 Å². The Balaban J connectivity index is 2.32. The lowest BCUT2D eigenvalue weighted by atomic mass is 10.1. The fourth-order valence-electron chi connectivity index (χ4n) is 2.26. The predicted molar refractivity (Wildman–Crippen MR) is 81.7 cm³/mol. The molecule has 0 saturated carbocycles. The van der Waals surface area contributed by atoms with Crippen LogP contribution in [0.15, 0.2) is 48.5 Å². The number of nitrogens with zero attached hydrogens (tertiary/aromatic N) is 2. The van der Waals surface area contributed by atoms with E-state index in [1.165, 1.54) is 0 Å². The van der Waals surface area contributed by atoms with Gasteiger partial charge in [0.1, 0.15) is 6.07 Å². The van der Waals surface area contributed by atoms with Gasteiger partial charge in [0.25, 0.3) is 0 Å². The van der Waals surface area contributed by atoms with Crippen LogP contribution >= 0.6 is 0 Å². The average molecular weight is 282 g/mol. The first kappa shape index (κ1) is 15.0. The van der Waals surface area contributed by atoms with E-state index in [1.807, 2.05) is 41.3 Å². The monoisotopic (exact) mass is 282 g/mol. The highest BCUT2D eigenvalue weighted by Crippen LogP contribution is 2.23. The standard InChI is InChI=1S/C17H18N2O2/c18-11-16-10-15(13-21)6-7-17(16)19(8-9-20)12-14-4-2-1-3-5-14/h1-7,10,20-21H,8-9,12-13H2. The molecule has 0 aliphatic heterocycles. The summed E-state index contributed by atoms with van der Waals surface area (Å²) in [6, 6.07) is 17.4. The highest BCUT2D eigenvalue weighted by Gasteiger charge is 2.12. The molecule has 0 spiro atoms. The Labute approximate surface area is 124 Å². The first-order valence-electron chi connectivity index (χ1n) is 6.82. The Hall–Kier alpha value is -2.35. The van der Waals surface area contributed by atoms with Crippen molar-refractivity contribution in [3.63, 3.8) is 0 Å². The highest BCUT2D eigenvalue weighted by atomic mass is 16.3. The van der Waals surface area contributed by atoms with Crippen LogP contribution in [0.4, 0.5) is 5.69 Å². The maximum atomic E-state index is 9.30. The molecular formula is C17H18N2O2. The molecule has 4 heteroatoms. The van der Waals surface area contributed by atoms with Crippen LogP contribution in [0.5, 0.6) is 0 Å². The van der Waals surface area contributed by atoms with Crippen molar-refractivity contribution in [1.29, 1.82) is 5.26 Å². The van der Waals surface area contributed by atoms with Crippen molar-refractivity contribution >= 4 is 5.69 Å². The second-order valence-electron chi connectivity index (χ2n) is 4.75. The van der Waals surface area contributed by atoms with E-state index in [-0.39, 0.29) is 13.2 Å². The minimum absolute atomic E-state index is 0.0133. The van der Waals surface area contributed by atoms with Crippen molar-refractivity contribution in [3.8, 4) is 6.07 Å². The Morgan fingerprint density at radius 2 is 1.76 bits per heavy atom. The fraction of sp³-hybridized carbons (Fsp3) is 0.235. The summed E-state index contributed by atoms with van der Waals surface area (Å²) in [5.74, 6) is 0. The van der Waals surface area contributed by atoms with E-state index in [0.29, 0.717) is 24.2 Å². The quantitative estimate of drug-likeness (QED) is 0.851. The number of hydrogen-bond donors (Lipinski definition) is 2. The molecule has 0 aliphatic rings. The van der Waals surface area contributed by atoms with Crippen LogP contribution in [0.1, 0.15) is 16.7 Å². The van der Waals surface area contributed by atoms with Gasteiger partial charge in [0.2, 0.25) is 0 Å². The molecule has 2 aromatic rings. The van der Waals surface area contributed by atoms with Gasteiger partial charge in [0.15, 0.2) is 0 Å². The Kier molecular flexibility index (Phi) is 5.33. The van der Waals surface area contributed by atoms with Gasteiger partial charge in [-0.05, 0) is 23.3 Å².